The van der Waals surface area contributed by atoms with E-state index in [9.17, 15) is 4.79 Å². The Morgan fingerprint density at radius 1 is 1.58 bits per heavy atom. The van der Waals surface area contributed by atoms with Gasteiger partial charge in [0.25, 0.3) is 0 Å². The minimum atomic E-state index is 0.601. The molecule has 12 heavy (non-hydrogen) atoms. The average molecular weight is 184 g/mol. The smallest absolute Gasteiger partial charge is 0.209 e. The largest absolute Gasteiger partial charge is 0.344 e. The van der Waals surface area contributed by atoms with Crippen LogP contribution in [0.2, 0.25) is 5.02 Å². The molecule has 0 heterocycles. The Morgan fingerprint density at radius 3 is 2.92 bits per heavy atom. The Labute approximate surface area is 76.8 Å². The summed E-state index contributed by atoms with van der Waals surface area (Å²) in [6, 6.07) is 7.47. The summed E-state index contributed by atoms with van der Waals surface area (Å²) in [6.07, 6.45) is 0.793. The highest BCUT2D eigenvalue weighted by molar-refractivity contribution is 6.30. The van der Waals surface area contributed by atoms with E-state index in [2.05, 4.69) is 0 Å². The molecule has 0 radical (unpaired) electrons. The van der Waals surface area contributed by atoms with Crippen LogP contribution in [0.3, 0.4) is 0 Å². The fourth-order valence-electron chi connectivity index (χ4n) is 0.961. The van der Waals surface area contributed by atoms with E-state index in [0.29, 0.717) is 11.6 Å². The molecule has 0 aromatic heterocycles. The quantitative estimate of drug-likeness (QED) is 0.656. The van der Waals surface area contributed by atoms with Gasteiger partial charge in [-0.15, -0.1) is 0 Å². The Kier molecular flexibility index (Phi) is 3.11. The highest BCUT2D eigenvalue weighted by Gasteiger charge is 1.96. The molecule has 0 bridgehead atoms. The Bertz CT molecular complexity index is 275. The molecule has 0 atom stereocenters. The van der Waals surface area contributed by atoms with Gasteiger partial charge in [-0.25, -0.2) is 0 Å². The highest BCUT2D eigenvalue weighted by Crippen LogP contribution is 2.11. The predicted molar refractivity (Wildman–Crippen MR) is 49.0 cm³/mol. The normalized spacial score (nSPS) is 9.50. The van der Waals surface area contributed by atoms with Gasteiger partial charge in [0, 0.05) is 18.6 Å². The van der Waals surface area contributed by atoms with E-state index in [1.54, 1.807) is 11.9 Å². The second-order valence-electron chi connectivity index (χ2n) is 2.65. The van der Waals surface area contributed by atoms with Gasteiger partial charge in [-0.3, -0.25) is 4.79 Å². The van der Waals surface area contributed by atoms with Gasteiger partial charge in [0.1, 0.15) is 0 Å². The second-order valence-corrected chi connectivity index (χ2v) is 3.09. The van der Waals surface area contributed by atoms with Gasteiger partial charge in [-0.05, 0) is 17.7 Å². The van der Waals surface area contributed by atoms with E-state index < -0.39 is 0 Å². The van der Waals surface area contributed by atoms with Crippen LogP contribution in [0.4, 0.5) is 0 Å². The molecule has 1 aromatic rings. The van der Waals surface area contributed by atoms with E-state index in [-0.39, 0.29) is 0 Å². The van der Waals surface area contributed by atoms with Gasteiger partial charge >= 0.3 is 0 Å². The first kappa shape index (κ1) is 9.07. The van der Waals surface area contributed by atoms with Gasteiger partial charge in [0.15, 0.2) is 0 Å². The molecular weight excluding hydrogens is 174 g/mol. The Morgan fingerprint density at radius 2 is 2.33 bits per heavy atom. The van der Waals surface area contributed by atoms with Crippen LogP contribution < -0.4 is 0 Å². The number of carbonyl (C=O) groups excluding carboxylic acids is 1. The van der Waals surface area contributed by atoms with Crippen molar-refractivity contribution in [3.63, 3.8) is 0 Å². The number of hydrogen-bond donors (Lipinski definition) is 0. The third kappa shape index (κ3) is 2.55. The summed E-state index contributed by atoms with van der Waals surface area (Å²) in [4.78, 5) is 11.8. The van der Waals surface area contributed by atoms with Crippen LogP contribution in [0.1, 0.15) is 5.56 Å². The maximum atomic E-state index is 10.3. The number of halogens is 1. The monoisotopic (exact) mass is 183 g/mol. The van der Waals surface area contributed by atoms with Crippen molar-refractivity contribution in [1.29, 1.82) is 0 Å². The molecule has 0 unspecified atom stereocenters. The molecule has 0 fully saturated rings. The lowest BCUT2D eigenvalue weighted by Gasteiger charge is -2.09. The number of benzene rings is 1. The molecule has 0 aliphatic carbocycles. The minimum Gasteiger partial charge on any atom is -0.344 e. The van der Waals surface area contributed by atoms with Crippen LogP contribution in [0, 0.1) is 0 Å². The van der Waals surface area contributed by atoms with Crippen molar-refractivity contribution in [1.82, 2.24) is 4.90 Å². The van der Waals surface area contributed by atoms with Gasteiger partial charge in [-0.1, -0.05) is 23.7 Å². The summed E-state index contributed by atoms with van der Waals surface area (Å²) in [6.45, 7) is 0.601. The Balaban J connectivity index is 2.69. The van der Waals surface area contributed by atoms with Crippen LogP contribution in [-0.2, 0) is 11.3 Å². The Hall–Kier alpha value is -1.02. The molecule has 0 saturated carbocycles. The van der Waals surface area contributed by atoms with Crippen molar-refractivity contribution in [2.24, 2.45) is 0 Å². The average Bonchev–Trinajstić information content (AvgIpc) is 2.04. The maximum Gasteiger partial charge on any atom is 0.209 e. The number of hydrogen-bond acceptors (Lipinski definition) is 1. The molecule has 1 amide bonds. The standard InChI is InChI=1S/C9H10ClNO/c1-11(7-12)6-8-3-2-4-9(10)5-8/h2-5,7H,6H2,1H3. The molecule has 0 spiro atoms. The van der Waals surface area contributed by atoms with Gasteiger partial charge < -0.3 is 4.90 Å². The molecule has 3 heteroatoms. The third-order valence-electron chi connectivity index (χ3n) is 1.50. The number of nitrogens with zero attached hydrogens (tertiary/aromatic N) is 1. The summed E-state index contributed by atoms with van der Waals surface area (Å²) in [7, 11) is 1.73. The molecule has 2 nitrogen and oxygen atoms in total. The number of carbonyl (C=O) groups is 1. The lowest BCUT2D eigenvalue weighted by molar-refractivity contribution is -0.117. The summed E-state index contributed by atoms with van der Waals surface area (Å²) in [5.41, 5.74) is 1.04. The molecule has 64 valence electrons. The van der Waals surface area contributed by atoms with E-state index >= 15 is 0 Å². The molecule has 1 rings (SSSR count). The zero-order valence-corrected chi connectivity index (χ0v) is 7.58. The van der Waals surface area contributed by atoms with Crippen molar-refractivity contribution >= 4 is 18.0 Å². The van der Waals surface area contributed by atoms with Crippen LogP contribution in [0.25, 0.3) is 0 Å². The van der Waals surface area contributed by atoms with Crippen molar-refractivity contribution in [3.8, 4) is 0 Å². The molecular formula is C9H10ClNO. The molecule has 0 aliphatic rings. The van der Waals surface area contributed by atoms with E-state index in [1.807, 2.05) is 24.3 Å². The summed E-state index contributed by atoms with van der Waals surface area (Å²) < 4.78 is 0. The van der Waals surface area contributed by atoms with Crippen LogP contribution >= 0.6 is 11.6 Å². The lowest BCUT2D eigenvalue weighted by Crippen LogP contribution is -2.14. The van der Waals surface area contributed by atoms with Crippen molar-refractivity contribution in [3.05, 3.63) is 34.9 Å². The first-order valence-corrected chi connectivity index (χ1v) is 4.00. The number of amides is 1. The van der Waals surface area contributed by atoms with E-state index in [0.717, 1.165) is 12.0 Å². The zero-order valence-electron chi connectivity index (χ0n) is 6.83. The van der Waals surface area contributed by atoms with Crippen LogP contribution in [-0.4, -0.2) is 18.4 Å². The third-order valence-corrected chi connectivity index (χ3v) is 1.74. The van der Waals surface area contributed by atoms with Crippen LogP contribution in [0.5, 0.6) is 0 Å². The zero-order chi connectivity index (χ0) is 8.97. The topological polar surface area (TPSA) is 20.3 Å². The lowest BCUT2D eigenvalue weighted by atomic mass is 10.2. The fraction of sp³-hybridized carbons (Fsp3) is 0.222. The molecule has 1 aromatic carbocycles. The molecule has 0 saturated heterocycles. The second kappa shape index (κ2) is 4.12. The fourth-order valence-corrected chi connectivity index (χ4v) is 1.17. The summed E-state index contributed by atoms with van der Waals surface area (Å²) in [5, 5.41) is 0.701. The van der Waals surface area contributed by atoms with Crippen molar-refractivity contribution in [2.75, 3.05) is 7.05 Å². The maximum absolute atomic E-state index is 10.3. The molecule has 0 N–H and O–H groups in total. The number of rotatable bonds is 3. The highest BCUT2D eigenvalue weighted by atomic mass is 35.5. The first-order chi connectivity index (χ1) is 5.72. The van der Waals surface area contributed by atoms with Crippen LogP contribution in [0.15, 0.2) is 24.3 Å². The van der Waals surface area contributed by atoms with Gasteiger partial charge in [0.2, 0.25) is 6.41 Å². The van der Waals surface area contributed by atoms with Crippen molar-refractivity contribution in [2.45, 2.75) is 6.54 Å². The van der Waals surface area contributed by atoms with Gasteiger partial charge in [-0.2, -0.15) is 0 Å². The first-order valence-electron chi connectivity index (χ1n) is 3.62. The summed E-state index contributed by atoms with van der Waals surface area (Å²) >= 11 is 5.76. The van der Waals surface area contributed by atoms with E-state index in [1.165, 1.54) is 0 Å². The van der Waals surface area contributed by atoms with Gasteiger partial charge in [0.05, 0.1) is 0 Å². The molecule has 0 aliphatic heterocycles. The van der Waals surface area contributed by atoms with Crippen molar-refractivity contribution < 1.29 is 4.79 Å². The predicted octanol–water partition coefficient (Wildman–Crippen LogP) is 1.93. The SMILES string of the molecule is CN(C=O)Cc1cccc(Cl)c1. The van der Waals surface area contributed by atoms with E-state index in [4.69, 9.17) is 11.6 Å². The summed E-state index contributed by atoms with van der Waals surface area (Å²) in [5.74, 6) is 0. The minimum absolute atomic E-state index is 0.601.